The summed E-state index contributed by atoms with van der Waals surface area (Å²) in [6, 6.07) is 22.2. The molecular formula is C32H40HfSi. The SMILES string of the molecule is Cc1cc2c(C(C)C)cccc2[cH-]1.Cc1cc2c(C(C)C)cccc2[cH-]1.[Hf+2]=[Si]=CC1CCCC1. The maximum absolute atomic E-state index is 2.55. The second-order valence-corrected chi connectivity index (χ2v) is 14.2. The molecule has 1 saturated carbocycles. The molecule has 1 fully saturated rings. The fourth-order valence-electron chi connectivity index (χ4n) is 5.07. The van der Waals surface area contributed by atoms with Gasteiger partial charge in [0.15, 0.2) is 0 Å². The van der Waals surface area contributed by atoms with Crippen molar-refractivity contribution in [3.05, 3.63) is 82.9 Å². The van der Waals surface area contributed by atoms with Gasteiger partial charge in [-0.15, -0.1) is 69.1 Å². The average Bonchev–Trinajstić information content (AvgIpc) is 3.52. The molecule has 1 aliphatic rings. The fraction of sp³-hybridized carbons (Fsp3) is 0.406. The first-order valence-electron chi connectivity index (χ1n) is 12.9. The van der Waals surface area contributed by atoms with Gasteiger partial charge in [-0.3, -0.25) is 0 Å². The van der Waals surface area contributed by atoms with Crippen molar-refractivity contribution in [1.82, 2.24) is 0 Å². The molecule has 0 unspecified atom stereocenters. The Kier molecular flexibility index (Phi) is 10.5. The Morgan fingerprint density at radius 3 is 1.62 bits per heavy atom. The molecule has 4 aromatic rings. The normalized spacial score (nSPS) is 13.6. The Hall–Kier alpha value is -1.38. The number of hydrogen-bond acceptors (Lipinski definition) is 0. The molecule has 0 spiro atoms. The van der Waals surface area contributed by atoms with E-state index in [1.807, 2.05) is 0 Å². The van der Waals surface area contributed by atoms with Crippen LogP contribution in [0.2, 0.25) is 0 Å². The van der Waals surface area contributed by atoms with Gasteiger partial charge in [-0.2, -0.15) is 12.1 Å². The number of benzene rings is 2. The summed E-state index contributed by atoms with van der Waals surface area (Å²) in [5.74, 6) is 3.47. The molecular weight excluding hydrogens is 591 g/mol. The van der Waals surface area contributed by atoms with Crippen molar-refractivity contribution >= 4 is 33.0 Å². The number of hydrogen-bond donors (Lipinski definition) is 0. The van der Waals surface area contributed by atoms with Gasteiger partial charge in [0.25, 0.3) is 0 Å². The minimum absolute atomic E-state index is 0.616. The molecule has 0 atom stereocenters. The number of rotatable bonds is 3. The summed E-state index contributed by atoms with van der Waals surface area (Å²) in [7, 11) is 0. The van der Waals surface area contributed by atoms with E-state index >= 15 is 0 Å². The molecule has 0 nitrogen and oxygen atoms in total. The van der Waals surface area contributed by atoms with Crippen LogP contribution in [0.1, 0.15) is 87.5 Å². The van der Waals surface area contributed by atoms with Crippen LogP contribution in [0, 0.1) is 19.8 Å². The first-order chi connectivity index (χ1) is 16.3. The second-order valence-electron chi connectivity index (χ2n) is 10.4. The third-order valence-electron chi connectivity index (χ3n) is 6.82. The van der Waals surface area contributed by atoms with Gasteiger partial charge in [0.1, 0.15) is 0 Å². The molecule has 5 rings (SSSR count). The van der Waals surface area contributed by atoms with Crippen molar-refractivity contribution in [2.45, 2.75) is 79.1 Å². The van der Waals surface area contributed by atoms with Crippen LogP contribution in [0.15, 0.2) is 60.7 Å². The Labute approximate surface area is 222 Å². The predicted octanol–water partition coefficient (Wildman–Crippen LogP) is 9.13. The predicted molar refractivity (Wildman–Crippen MR) is 151 cm³/mol. The van der Waals surface area contributed by atoms with Gasteiger partial charge in [-0.05, 0) is 11.8 Å². The zero-order chi connectivity index (χ0) is 24.7. The zero-order valence-electron chi connectivity index (χ0n) is 21.9. The molecule has 0 aromatic heterocycles. The van der Waals surface area contributed by atoms with E-state index in [4.69, 9.17) is 0 Å². The zero-order valence-corrected chi connectivity index (χ0v) is 26.5. The first kappa shape index (κ1) is 27.2. The molecule has 4 aromatic carbocycles. The van der Waals surface area contributed by atoms with Gasteiger partial charge in [0.05, 0.1) is 0 Å². The topological polar surface area (TPSA) is 0 Å². The fourth-order valence-corrected chi connectivity index (χ4v) is 8.18. The van der Waals surface area contributed by atoms with Gasteiger partial charge in [0, 0.05) is 0 Å². The second kappa shape index (κ2) is 13.1. The van der Waals surface area contributed by atoms with E-state index in [0.29, 0.717) is 11.8 Å². The van der Waals surface area contributed by atoms with E-state index in [2.05, 4.69) is 108 Å². The van der Waals surface area contributed by atoms with Gasteiger partial charge >= 0.3 is 66.1 Å². The molecule has 34 heavy (non-hydrogen) atoms. The molecule has 176 valence electrons. The third kappa shape index (κ3) is 7.31. The Balaban J connectivity index is 0.000000148. The summed E-state index contributed by atoms with van der Waals surface area (Å²) in [5, 5.41) is 5.61. The summed E-state index contributed by atoms with van der Waals surface area (Å²) < 4.78 is 0. The van der Waals surface area contributed by atoms with Gasteiger partial charge in [-0.1, -0.05) is 64.8 Å². The van der Waals surface area contributed by atoms with Crippen LogP contribution in [0.5, 0.6) is 0 Å². The first-order valence-corrected chi connectivity index (χ1v) is 19.3. The third-order valence-corrected chi connectivity index (χ3v) is 9.25. The van der Waals surface area contributed by atoms with Crippen molar-refractivity contribution < 1.29 is 23.0 Å². The Morgan fingerprint density at radius 2 is 1.24 bits per heavy atom. The monoisotopic (exact) mass is 632 g/mol. The summed E-state index contributed by atoms with van der Waals surface area (Å²) >= 11 is 1.40. The molecule has 1 aliphatic carbocycles. The van der Waals surface area contributed by atoms with Crippen LogP contribution in [0.25, 0.3) is 21.5 Å². The summed E-state index contributed by atoms with van der Waals surface area (Å²) in [4.78, 5) is 0. The van der Waals surface area contributed by atoms with Crippen LogP contribution in [-0.4, -0.2) is 11.5 Å². The molecule has 0 saturated heterocycles. The number of aryl methyl sites for hydroxylation is 2. The van der Waals surface area contributed by atoms with Gasteiger partial charge < -0.3 is 0 Å². The van der Waals surface area contributed by atoms with E-state index in [9.17, 15) is 0 Å². The van der Waals surface area contributed by atoms with Crippen molar-refractivity contribution in [3.63, 3.8) is 0 Å². The van der Waals surface area contributed by atoms with E-state index in [1.165, 1.54) is 98.3 Å². The van der Waals surface area contributed by atoms with E-state index in [-0.39, 0.29) is 0 Å². The van der Waals surface area contributed by atoms with Crippen LogP contribution >= 0.6 is 0 Å². The van der Waals surface area contributed by atoms with Gasteiger partial charge in [0.2, 0.25) is 0 Å². The van der Waals surface area contributed by atoms with Crippen LogP contribution in [0.4, 0.5) is 0 Å². The van der Waals surface area contributed by atoms with Crippen LogP contribution in [0.3, 0.4) is 0 Å². The van der Waals surface area contributed by atoms with Gasteiger partial charge in [-0.25, -0.2) is 0 Å². The molecule has 0 radical (unpaired) electrons. The Bertz CT molecular complexity index is 1160. The standard InChI is InChI=1S/2C13H15.C6H10Si.Hf/c2*1-9(2)12-6-4-5-11-7-10(3)8-13(11)12;7-5-6-3-1-2-4-6;/h2*4-9H,1-3H3;5-6H,1-4H2;/q2*-1;;+2. The number of fused-ring (bicyclic) bond motifs is 2. The quantitative estimate of drug-likeness (QED) is 0.156. The van der Waals surface area contributed by atoms with Crippen molar-refractivity contribution in [3.8, 4) is 0 Å². The van der Waals surface area contributed by atoms with E-state index < -0.39 is 0 Å². The minimum atomic E-state index is 0.616. The average molecular weight is 631 g/mol. The summed E-state index contributed by atoms with van der Waals surface area (Å²) in [6.07, 6.45) is 5.98. The molecule has 0 heterocycles. The molecule has 0 N–H and O–H groups in total. The maximum atomic E-state index is 2.55. The Morgan fingerprint density at radius 1 is 0.794 bits per heavy atom. The molecule has 0 aliphatic heterocycles. The van der Waals surface area contributed by atoms with E-state index in [1.54, 1.807) is 0 Å². The van der Waals surface area contributed by atoms with Crippen LogP contribution in [-0.2, 0) is 23.0 Å². The van der Waals surface area contributed by atoms with Crippen molar-refractivity contribution in [2.24, 2.45) is 5.92 Å². The summed E-state index contributed by atoms with van der Waals surface area (Å²) in [5.41, 5.74) is 8.21. The summed E-state index contributed by atoms with van der Waals surface area (Å²) in [6.45, 7) is 13.3. The van der Waals surface area contributed by atoms with Crippen molar-refractivity contribution in [2.75, 3.05) is 0 Å². The van der Waals surface area contributed by atoms with Crippen molar-refractivity contribution in [1.29, 1.82) is 0 Å². The van der Waals surface area contributed by atoms with E-state index in [0.717, 1.165) is 5.92 Å². The molecule has 2 heteroatoms. The van der Waals surface area contributed by atoms with Crippen LogP contribution < -0.4 is 0 Å². The molecule has 0 bridgehead atoms. The molecule has 0 amide bonds.